The molecule has 140 valence electrons. The molecule has 0 heterocycles. The lowest BCUT2D eigenvalue weighted by molar-refractivity contribution is -0.135. The number of hydrogen-bond donors (Lipinski definition) is 3. The standard InChI is InChI=1S/C14H19NO4.C6H7N/c1-5-15-14-11(18-3)7-10(8-12(14)19-4)9(2)6-13(16)17;7-6-4-2-1-3-5-6/h7-8,15H,2,5-6H2,1,3-4H3,(H,16,17);1-5H,7H2. The van der Waals surface area contributed by atoms with Crippen LogP contribution in [0.2, 0.25) is 0 Å². The van der Waals surface area contributed by atoms with E-state index in [1.165, 1.54) is 0 Å². The summed E-state index contributed by atoms with van der Waals surface area (Å²) < 4.78 is 10.6. The van der Waals surface area contributed by atoms with Crippen molar-refractivity contribution in [1.82, 2.24) is 0 Å². The molecule has 0 aliphatic carbocycles. The number of carboxylic acids is 1. The lowest BCUT2D eigenvalue weighted by atomic mass is 10.0. The molecule has 2 aromatic carbocycles. The zero-order valence-electron chi connectivity index (χ0n) is 15.4. The van der Waals surface area contributed by atoms with Gasteiger partial charge in [0.25, 0.3) is 0 Å². The van der Waals surface area contributed by atoms with E-state index in [9.17, 15) is 4.79 Å². The molecule has 0 atom stereocenters. The van der Waals surface area contributed by atoms with Gasteiger partial charge in [-0.2, -0.15) is 0 Å². The molecular weight excluding hydrogens is 332 g/mol. The lowest BCUT2D eigenvalue weighted by Gasteiger charge is -2.16. The van der Waals surface area contributed by atoms with Crippen molar-refractivity contribution in [3.05, 3.63) is 54.6 Å². The van der Waals surface area contributed by atoms with Crippen LogP contribution in [0.25, 0.3) is 5.57 Å². The van der Waals surface area contributed by atoms with E-state index in [2.05, 4.69) is 11.9 Å². The van der Waals surface area contributed by atoms with Crippen LogP contribution in [-0.2, 0) is 4.79 Å². The quantitative estimate of drug-likeness (QED) is 0.650. The summed E-state index contributed by atoms with van der Waals surface area (Å²) in [6.45, 7) is 6.47. The largest absolute Gasteiger partial charge is 0.494 e. The predicted molar refractivity (Wildman–Crippen MR) is 106 cm³/mol. The van der Waals surface area contributed by atoms with Gasteiger partial charge in [-0.3, -0.25) is 4.79 Å². The zero-order chi connectivity index (χ0) is 19.5. The van der Waals surface area contributed by atoms with Gasteiger partial charge >= 0.3 is 5.97 Å². The van der Waals surface area contributed by atoms with Gasteiger partial charge in [0.1, 0.15) is 17.2 Å². The normalized spacial score (nSPS) is 9.50. The van der Waals surface area contributed by atoms with Crippen molar-refractivity contribution in [1.29, 1.82) is 0 Å². The second kappa shape index (κ2) is 10.7. The molecule has 2 rings (SSSR count). The van der Waals surface area contributed by atoms with Crippen LogP contribution in [0, 0.1) is 0 Å². The van der Waals surface area contributed by atoms with E-state index in [4.69, 9.17) is 20.3 Å². The number of nitrogens with two attached hydrogens (primary N) is 1. The Bertz CT molecular complexity index is 705. The average molecular weight is 358 g/mol. The van der Waals surface area contributed by atoms with Crippen LogP contribution in [0.3, 0.4) is 0 Å². The summed E-state index contributed by atoms with van der Waals surface area (Å²) >= 11 is 0. The first-order valence-electron chi connectivity index (χ1n) is 8.13. The molecule has 0 aliphatic heterocycles. The second-order valence-corrected chi connectivity index (χ2v) is 5.37. The first-order valence-corrected chi connectivity index (χ1v) is 8.13. The molecule has 0 fully saturated rings. The van der Waals surface area contributed by atoms with Crippen molar-refractivity contribution in [3.8, 4) is 11.5 Å². The molecule has 0 radical (unpaired) electrons. The Morgan fingerprint density at radius 1 is 1.15 bits per heavy atom. The third kappa shape index (κ3) is 6.39. The van der Waals surface area contributed by atoms with Gasteiger partial charge < -0.3 is 25.6 Å². The molecule has 2 aromatic rings. The molecule has 0 saturated heterocycles. The first kappa shape index (κ1) is 20.9. The maximum Gasteiger partial charge on any atom is 0.307 e. The van der Waals surface area contributed by atoms with Gasteiger partial charge in [0, 0.05) is 12.2 Å². The number of para-hydroxylation sites is 1. The van der Waals surface area contributed by atoms with Crippen molar-refractivity contribution in [2.45, 2.75) is 13.3 Å². The van der Waals surface area contributed by atoms with Crippen LogP contribution in [-0.4, -0.2) is 31.8 Å². The number of ether oxygens (including phenoxy) is 2. The predicted octanol–water partition coefficient (Wildman–Crippen LogP) is 3.89. The van der Waals surface area contributed by atoms with E-state index in [0.717, 1.165) is 17.9 Å². The molecule has 0 saturated carbocycles. The maximum atomic E-state index is 10.7. The molecule has 0 amide bonds. The summed E-state index contributed by atoms with van der Waals surface area (Å²) in [4.78, 5) is 10.7. The number of hydrogen-bond acceptors (Lipinski definition) is 5. The van der Waals surface area contributed by atoms with Crippen LogP contribution in [0.15, 0.2) is 49.0 Å². The summed E-state index contributed by atoms with van der Waals surface area (Å²) in [5.74, 6) is 0.282. The van der Waals surface area contributed by atoms with Crippen LogP contribution in [0.4, 0.5) is 11.4 Å². The third-order valence-corrected chi connectivity index (χ3v) is 3.43. The Hall–Kier alpha value is -3.15. The number of benzene rings is 2. The molecular formula is C20H26N2O4. The van der Waals surface area contributed by atoms with Gasteiger partial charge in [-0.15, -0.1) is 0 Å². The number of rotatable bonds is 7. The molecule has 0 aromatic heterocycles. The zero-order valence-corrected chi connectivity index (χ0v) is 15.4. The topological polar surface area (TPSA) is 93.8 Å². The monoisotopic (exact) mass is 358 g/mol. The molecule has 4 N–H and O–H groups in total. The van der Waals surface area contributed by atoms with E-state index in [1.54, 1.807) is 26.4 Å². The highest BCUT2D eigenvalue weighted by atomic mass is 16.5. The number of nitrogens with one attached hydrogen (secondary N) is 1. The number of aliphatic carboxylic acids is 1. The minimum Gasteiger partial charge on any atom is -0.494 e. The molecule has 0 aliphatic rings. The van der Waals surface area contributed by atoms with Crippen LogP contribution in [0.5, 0.6) is 11.5 Å². The summed E-state index contributed by atoms with van der Waals surface area (Å²) in [5.41, 5.74) is 8.13. The van der Waals surface area contributed by atoms with Gasteiger partial charge in [-0.1, -0.05) is 24.8 Å². The van der Waals surface area contributed by atoms with E-state index >= 15 is 0 Å². The highest BCUT2D eigenvalue weighted by Gasteiger charge is 2.14. The summed E-state index contributed by atoms with van der Waals surface area (Å²) in [5, 5.41) is 12.0. The maximum absolute atomic E-state index is 10.7. The lowest BCUT2D eigenvalue weighted by Crippen LogP contribution is -2.04. The molecule has 0 spiro atoms. The fraction of sp³-hybridized carbons (Fsp3) is 0.250. The first-order chi connectivity index (χ1) is 12.4. The van der Waals surface area contributed by atoms with Crippen molar-refractivity contribution in [3.63, 3.8) is 0 Å². The van der Waals surface area contributed by atoms with E-state index < -0.39 is 5.97 Å². The Morgan fingerprint density at radius 2 is 1.69 bits per heavy atom. The Labute approximate surface area is 154 Å². The van der Waals surface area contributed by atoms with Crippen LogP contribution >= 0.6 is 0 Å². The second-order valence-electron chi connectivity index (χ2n) is 5.37. The SMILES string of the molecule is C=C(CC(=O)O)c1cc(OC)c(NCC)c(OC)c1.Nc1ccccc1. The van der Waals surface area contributed by atoms with Gasteiger partial charge in [-0.05, 0) is 42.3 Å². The van der Waals surface area contributed by atoms with Gasteiger partial charge in [0.2, 0.25) is 0 Å². The Balaban J connectivity index is 0.000000401. The molecule has 26 heavy (non-hydrogen) atoms. The summed E-state index contributed by atoms with van der Waals surface area (Å²) in [7, 11) is 3.11. The highest BCUT2D eigenvalue weighted by Crippen LogP contribution is 2.38. The van der Waals surface area contributed by atoms with E-state index in [0.29, 0.717) is 22.6 Å². The fourth-order valence-corrected chi connectivity index (χ4v) is 2.20. The van der Waals surface area contributed by atoms with Crippen molar-refractivity contribution in [2.24, 2.45) is 0 Å². The molecule has 0 unspecified atom stereocenters. The van der Waals surface area contributed by atoms with Crippen molar-refractivity contribution in [2.75, 3.05) is 31.8 Å². The summed E-state index contributed by atoms with van der Waals surface area (Å²) in [6, 6.07) is 13.0. The number of nitrogen functional groups attached to an aromatic ring is 1. The Morgan fingerprint density at radius 3 is 2.04 bits per heavy atom. The third-order valence-electron chi connectivity index (χ3n) is 3.43. The van der Waals surface area contributed by atoms with Gasteiger partial charge in [-0.25, -0.2) is 0 Å². The highest BCUT2D eigenvalue weighted by molar-refractivity contribution is 5.85. The number of carboxylic acid groups (broad SMARTS) is 1. The molecule has 6 heteroatoms. The average Bonchev–Trinajstić information content (AvgIpc) is 2.62. The number of carbonyl (C=O) groups is 1. The number of anilines is 2. The number of methoxy groups -OCH3 is 2. The summed E-state index contributed by atoms with van der Waals surface area (Å²) in [6.07, 6.45) is -0.118. The van der Waals surface area contributed by atoms with E-state index in [1.807, 2.05) is 37.3 Å². The van der Waals surface area contributed by atoms with E-state index in [-0.39, 0.29) is 6.42 Å². The van der Waals surface area contributed by atoms with Gasteiger partial charge in [0.15, 0.2) is 0 Å². The molecule has 6 nitrogen and oxygen atoms in total. The van der Waals surface area contributed by atoms with Crippen LogP contribution < -0.4 is 20.5 Å². The van der Waals surface area contributed by atoms with Crippen LogP contribution in [0.1, 0.15) is 18.9 Å². The van der Waals surface area contributed by atoms with Crippen molar-refractivity contribution >= 4 is 22.9 Å². The fourth-order valence-electron chi connectivity index (χ4n) is 2.20. The minimum atomic E-state index is -0.918. The van der Waals surface area contributed by atoms with Crippen molar-refractivity contribution < 1.29 is 19.4 Å². The Kier molecular flexibility index (Phi) is 8.57. The minimum absolute atomic E-state index is 0.118. The molecule has 0 bridgehead atoms. The smallest absolute Gasteiger partial charge is 0.307 e. The van der Waals surface area contributed by atoms with Gasteiger partial charge in [0.05, 0.1) is 20.6 Å².